The van der Waals surface area contributed by atoms with Crippen LogP contribution in [0.1, 0.15) is 11.1 Å². The molecule has 0 aliphatic carbocycles. The van der Waals surface area contributed by atoms with Crippen molar-refractivity contribution in [3.05, 3.63) is 29.3 Å². The number of aryl methyl sites for hydroxylation is 1. The second-order valence-corrected chi connectivity index (χ2v) is 7.00. The van der Waals surface area contributed by atoms with E-state index in [1.54, 1.807) is 7.11 Å². The van der Waals surface area contributed by atoms with Crippen molar-refractivity contribution in [2.24, 2.45) is 0 Å². The minimum Gasteiger partial charge on any atom is -0.496 e. The molecule has 4 nitrogen and oxygen atoms in total. The van der Waals surface area contributed by atoms with Crippen LogP contribution in [-0.2, 0) is 16.3 Å². The minimum absolute atomic E-state index is 0.0246. The summed E-state index contributed by atoms with van der Waals surface area (Å²) in [5.74, 6) is 1.35. The molecule has 0 radical (unpaired) electrons. The topological polar surface area (TPSA) is 55.4 Å². The minimum atomic E-state index is -2.86. The Labute approximate surface area is 108 Å². The van der Waals surface area contributed by atoms with Gasteiger partial charge in [-0.25, -0.2) is 8.42 Å². The normalized spacial score (nSPS) is 22.7. The maximum absolute atomic E-state index is 11.6. The number of benzene rings is 1. The van der Waals surface area contributed by atoms with Crippen LogP contribution in [0.25, 0.3) is 0 Å². The maximum Gasteiger partial charge on any atom is 0.153 e. The fourth-order valence-corrected chi connectivity index (χ4v) is 3.79. The van der Waals surface area contributed by atoms with Crippen LogP contribution < -0.4 is 10.1 Å². The molecule has 18 heavy (non-hydrogen) atoms. The number of ether oxygens (including phenoxy) is 1. The molecule has 100 valence electrons. The van der Waals surface area contributed by atoms with Crippen LogP contribution in [-0.4, -0.2) is 39.6 Å². The number of rotatable bonds is 3. The quantitative estimate of drug-likeness (QED) is 0.887. The van der Waals surface area contributed by atoms with Crippen molar-refractivity contribution in [2.75, 3.05) is 25.2 Å². The Kier molecular flexibility index (Phi) is 3.92. The second kappa shape index (κ2) is 5.28. The Bertz CT molecular complexity index is 525. The van der Waals surface area contributed by atoms with Crippen LogP contribution >= 0.6 is 0 Å². The Hall–Kier alpha value is -1.07. The zero-order valence-electron chi connectivity index (χ0n) is 10.8. The molecule has 2 rings (SSSR count). The van der Waals surface area contributed by atoms with Gasteiger partial charge in [0.1, 0.15) is 5.75 Å². The van der Waals surface area contributed by atoms with Gasteiger partial charge in [0.25, 0.3) is 0 Å². The standard InChI is InChI=1S/C13H19NO3S/c1-10-7-11(3-4-13(10)17-2)8-12-9-18(15,16)6-5-14-12/h3-4,7,12,14H,5-6,8-9H2,1-2H3. The molecule has 1 aliphatic heterocycles. The predicted octanol–water partition coefficient (Wildman–Crippen LogP) is 0.933. The average Bonchev–Trinajstić information content (AvgIpc) is 2.28. The van der Waals surface area contributed by atoms with Crippen LogP contribution in [0, 0.1) is 6.92 Å². The Morgan fingerprint density at radius 2 is 2.22 bits per heavy atom. The van der Waals surface area contributed by atoms with Gasteiger partial charge in [0.2, 0.25) is 0 Å². The van der Waals surface area contributed by atoms with Crippen LogP contribution in [0.2, 0.25) is 0 Å². The molecule has 1 aromatic carbocycles. The molecule has 0 bridgehead atoms. The van der Waals surface area contributed by atoms with E-state index in [1.165, 1.54) is 0 Å². The molecule has 0 aromatic heterocycles. The second-order valence-electron chi connectivity index (χ2n) is 4.77. The SMILES string of the molecule is COc1ccc(CC2CS(=O)(=O)CCN2)cc1C. The van der Waals surface area contributed by atoms with Gasteiger partial charge < -0.3 is 10.1 Å². The van der Waals surface area contributed by atoms with Crippen molar-refractivity contribution in [3.63, 3.8) is 0 Å². The lowest BCUT2D eigenvalue weighted by Gasteiger charge is -2.23. The summed E-state index contributed by atoms with van der Waals surface area (Å²) in [6.45, 7) is 2.55. The van der Waals surface area contributed by atoms with Crippen molar-refractivity contribution in [2.45, 2.75) is 19.4 Å². The van der Waals surface area contributed by atoms with Crippen LogP contribution in [0.3, 0.4) is 0 Å². The molecule has 1 aromatic rings. The molecular weight excluding hydrogens is 250 g/mol. The third-order valence-corrected chi connectivity index (χ3v) is 4.98. The first kappa shape index (κ1) is 13.4. The van der Waals surface area contributed by atoms with Gasteiger partial charge in [-0.2, -0.15) is 0 Å². The summed E-state index contributed by atoms with van der Waals surface area (Å²) >= 11 is 0. The van der Waals surface area contributed by atoms with E-state index in [-0.39, 0.29) is 17.5 Å². The van der Waals surface area contributed by atoms with E-state index < -0.39 is 9.84 Å². The summed E-state index contributed by atoms with van der Waals surface area (Å²) < 4.78 is 28.3. The highest BCUT2D eigenvalue weighted by Gasteiger charge is 2.24. The summed E-state index contributed by atoms with van der Waals surface area (Å²) in [4.78, 5) is 0. The van der Waals surface area contributed by atoms with Gasteiger partial charge in [-0.3, -0.25) is 0 Å². The smallest absolute Gasteiger partial charge is 0.153 e. The number of nitrogens with one attached hydrogen (secondary N) is 1. The van der Waals surface area contributed by atoms with Crippen molar-refractivity contribution in [3.8, 4) is 5.75 Å². The van der Waals surface area contributed by atoms with Crippen molar-refractivity contribution in [1.29, 1.82) is 0 Å². The highest BCUT2D eigenvalue weighted by atomic mass is 32.2. The van der Waals surface area contributed by atoms with Gasteiger partial charge in [0, 0.05) is 12.6 Å². The first-order valence-corrected chi connectivity index (χ1v) is 7.89. The fourth-order valence-electron chi connectivity index (χ4n) is 2.35. The summed E-state index contributed by atoms with van der Waals surface area (Å²) in [5, 5.41) is 3.26. The van der Waals surface area contributed by atoms with Crippen molar-refractivity contribution >= 4 is 9.84 Å². The van der Waals surface area contributed by atoms with Crippen molar-refractivity contribution in [1.82, 2.24) is 5.32 Å². The summed E-state index contributed by atoms with van der Waals surface area (Å²) in [5.41, 5.74) is 2.22. The first-order valence-electron chi connectivity index (χ1n) is 6.07. The number of methoxy groups -OCH3 is 1. The Morgan fingerprint density at radius 3 is 2.83 bits per heavy atom. The monoisotopic (exact) mass is 269 g/mol. The van der Waals surface area contributed by atoms with E-state index in [2.05, 4.69) is 11.4 Å². The average molecular weight is 269 g/mol. The van der Waals surface area contributed by atoms with E-state index in [4.69, 9.17) is 4.74 Å². The molecule has 1 fully saturated rings. The number of sulfone groups is 1. The highest BCUT2D eigenvalue weighted by molar-refractivity contribution is 7.91. The largest absolute Gasteiger partial charge is 0.496 e. The fraction of sp³-hybridized carbons (Fsp3) is 0.538. The van der Waals surface area contributed by atoms with E-state index in [9.17, 15) is 8.42 Å². The van der Waals surface area contributed by atoms with Gasteiger partial charge in [-0.15, -0.1) is 0 Å². The zero-order chi connectivity index (χ0) is 13.2. The molecule has 0 amide bonds. The summed E-state index contributed by atoms with van der Waals surface area (Å²) in [6.07, 6.45) is 0.740. The molecule has 1 saturated heterocycles. The Morgan fingerprint density at radius 1 is 1.44 bits per heavy atom. The van der Waals surface area contributed by atoms with Crippen LogP contribution in [0.5, 0.6) is 5.75 Å². The lowest BCUT2D eigenvalue weighted by Crippen LogP contribution is -2.46. The van der Waals surface area contributed by atoms with Gasteiger partial charge in [0.05, 0.1) is 18.6 Å². The van der Waals surface area contributed by atoms with Crippen LogP contribution in [0.4, 0.5) is 0 Å². The highest BCUT2D eigenvalue weighted by Crippen LogP contribution is 2.20. The maximum atomic E-state index is 11.6. The third-order valence-electron chi connectivity index (χ3n) is 3.24. The van der Waals surface area contributed by atoms with Gasteiger partial charge in [0.15, 0.2) is 9.84 Å². The van der Waals surface area contributed by atoms with E-state index in [0.29, 0.717) is 6.54 Å². The van der Waals surface area contributed by atoms with Crippen molar-refractivity contribution < 1.29 is 13.2 Å². The molecule has 1 heterocycles. The van der Waals surface area contributed by atoms with Crippen LogP contribution in [0.15, 0.2) is 18.2 Å². The molecule has 5 heteroatoms. The molecule has 1 aliphatic rings. The van der Waals surface area contributed by atoms with Gasteiger partial charge >= 0.3 is 0 Å². The molecule has 0 saturated carbocycles. The first-order chi connectivity index (χ1) is 8.50. The summed E-state index contributed by atoms with van der Waals surface area (Å²) in [6, 6.07) is 6.01. The molecule has 1 atom stereocenters. The molecule has 1 unspecified atom stereocenters. The van der Waals surface area contributed by atoms with E-state index >= 15 is 0 Å². The molecule has 1 N–H and O–H groups in total. The lowest BCUT2D eigenvalue weighted by molar-refractivity contribution is 0.411. The third kappa shape index (κ3) is 3.23. The molecular formula is C13H19NO3S. The summed E-state index contributed by atoms with van der Waals surface area (Å²) in [7, 11) is -1.21. The number of hydrogen-bond acceptors (Lipinski definition) is 4. The Balaban J connectivity index is 2.07. The van der Waals surface area contributed by atoms with Gasteiger partial charge in [-0.1, -0.05) is 12.1 Å². The zero-order valence-corrected chi connectivity index (χ0v) is 11.6. The van der Waals surface area contributed by atoms with E-state index in [0.717, 1.165) is 23.3 Å². The lowest BCUT2D eigenvalue weighted by atomic mass is 10.0. The number of hydrogen-bond donors (Lipinski definition) is 1. The molecule has 0 spiro atoms. The van der Waals surface area contributed by atoms with Gasteiger partial charge in [-0.05, 0) is 30.5 Å². The van der Waals surface area contributed by atoms with E-state index in [1.807, 2.05) is 19.1 Å². The predicted molar refractivity (Wildman–Crippen MR) is 71.9 cm³/mol.